The molecule has 1 aliphatic heterocycles. The summed E-state index contributed by atoms with van der Waals surface area (Å²) in [6.45, 7) is -0.486. The highest BCUT2D eigenvalue weighted by Gasteiger charge is 2.28. The van der Waals surface area contributed by atoms with Crippen molar-refractivity contribution in [3.05, 3.63) is 78.4 Å². The summed E-state index contributed by atoms with van der Waals surface area (Å²) < 4.78 is 44.5. The number of amides is 1. The molecule has 1 saturated heterocycles. The molecular weight excluding hydrogens is 514 g/mol. The van der Waals surface area contributed by atoms with E-state index in [-0.39, 0.29) is 16.7 Å². The molecule has 1 heterocycles. The van der Waals surface area contributed by atoms with Crippen LogP contribution in [0.5, 0.6) is 17.2 Å². The van der Waals surface area contributed by atoms with Crippen LogP contribution < -0.4 is 23.9 Å². The average Bonchev–Trinajstić information content (AvgIpc) is 2.89. The molecule has 0 bridgehead atoms. The van der Waals surface area contributed by atoms with Gasteiger partial charge in [-0.2, -0.15) is 16.9 Å². The Morgan fingerprint density at radius 3 is 2.46 bits per heavy atom. The first-order valence-corrected chi connectivity index (χ1v) is 14.0. The van der Waals surface area contributed by atoms with Crippen LogP contribution in [0.1, 0.15) is 5.56 Å². The number of rotatable bonds is 11. The van der Waals surface area contributed by atoms with Crippen molar-refractivity contribution in [2.45, 2.75) is 11.0 Å². The first-order chi connectivity index (χ1) is 17.9. The van der Waals surface area contributed by atoms with Gasteiger partial charge in [-0.15, -0.1) is 0 Å². The van der Waals surface area contributed by atoms with Gasteiger partial charge in [0.25, 0.3) is 15.9 Å². The Labute approximate surface area is 220 Å². The first-order valence-electron chi connectivity index (χ1n) is 11.4. The monoisotopic (exact) mass is 541 g/mol. The van der Waals surface area contributed by atoms with Crippen molar-refractivity contribution < 1.29 is 27.4 Å². The van der Waals surface area contributed by atoms with Crippen LogP contribution in [0.4, 0.5) is 5.69 Å². The predicted molar refractivity (Wildman–Crippen MR) is 144 cm³/mol. The van der Waals surface area contributed by atoms with Crippen LogP contribution in [-0.2, 0) is 14.8 Å². The molecule has 194 valence electrons. The van der Waals surface area contributed by atoms with E-state index in [1.54, 1.807) is 30.3 Å². The third-order valence-corrected chi connectivity index (χ3v) is 8.43. The smallest absolute Gasteiger partial charge is 0.264 e. The summed E-state index contributed by atoms with van der Waals surface area (Å²) in [5.74, 6) is 2.71. The molecule has 0 saturated carbocycles. The number of hydrogen-bond donors (Lipinski definition) is 1. The quantitative estimate of drug-likeness (QED) is 0.292. The highest BCUT2D eigenvalue weighted by atomic mass is 32.2. The first kappa shape index (κ1) is 26.4. The van der Waals surface area contributed by atoms with E-state index in [0.29, 0.717) is 11.4 Å². The number of carbonyl (C=O) groups excluding carboxylic acids is 1. The van der Waals surface area contributed by atoms with E-state index < -0.39 is 22.5 Å². The van der Waals surface area contributed by atoms with E-state index in [4.69, 9.17) is 14.2 Å². The Bertz CT molecular complexity index is 1360. The van der Waals surface area contributed by atoms with Gasteiger partial charge in [0.05, 0.1) is 31.0 Å². The number of ether oxygens (including phenoxy) is 3. The topological polar surface area (TPSA) is 107 Å². The highest BCUT2D eigenvalue weighted by molar-refractivity contribution is 8.00. The number of anilines is 1. The van der Waals surface area contributed by atoms with Gasteiger partial charge in [0, 0.05) is 17.6 Å². The van der Waals surface area contributed by atoms with Crippen molar-refractivity contribution >= 4 is 39.6 Å². The fourth-order valence-corrected chi connectivity index (χ4v) is 5.50. The van der Waals surface area contributed by atoms with Crippen molar-refractivity contribution in [1.29, 1.82) is 0 Å². The lowest BCUT2D eigenvalue weighted by molar-refractivity contribution is -0.119. The summed E-state index contributed by atoms with van der Waals surface area (Å²) in [5.41, 5.74) is 3.48. The fourth-order valence-electron chi connectivity index (χ4n) is 3.50. The second-order valence-electron chi connectivity index (χ2n) is 8.01. The van der Waals surface area contributed by atoms with E-state index in [2.05, 4.69) is 10.5 Å². The molecule has 0 aromatic heterocycles. The molecule has 4 rings (SSSR count). The van der Waals surface area contributed by atoms with Crippen LogP contribution in [0, 0.1) is 0 Å². The van der Waals surface area contributed by atoms with Crippen molar-refractivity contribution in [2.75, 3.05) is 36.6 Å². The van der Waals surface area contributed by atoms with Crippen LogP contribution >= 0.6 is 11.8 Å². The van der Waals surface area contributed by atoms with E-state index in [1.165, 1.54) is 38.6 Å². The second kappa shape index (κ2) is 12.0. The van der Waals surface area contributed by atoms with E-state index in [9.17, 15) is 13.2 Å². The SMILES string of the molecule is COc1ccc(S(=O)(=O)N(CC(=O)N/N=C\c2cccc(OC3CSC3)c2)c2ccccc2)cc1OC. The minimum atomic E-state index is -4.13. The van der Waals surface area contributed by atoms with Gasteiger partial charge in [0.15, 0.2) is 11.5 Å². The molecule has 0 atom stereocenters. The van der Waals surface area contributed by atoms with Gasteiger partial charge in [-0.25, -0.2) is 13.8 Å². The van der Waals surface area contributed by atoms with Gasteiger partial charge < -0.3 is 14.2 Å². The largest absolute Gasteiger partial charge is 0.493 e. The number of hydrogen-bond acceptors (Lipinski definition) is 8. The van der Waals surface area contributed by atoms with Gasteiger partial charge >= 0.3 is 0 Å². The second-order valence-corrected chi connectivity index (χ2v) is 10.9. The Hall–Kier alpha value is -3.70. The van der Waals surface area contributed by atoms with Crippen LogP contribution in [0.3, 0.4) is 0 Å². The standard InChI is InChI=1S/C26H27N3O6S2/c1-33-24-12-11-23(14-25(24)34-2)37(31,32)29(20-8-4-3-5-9-20)16-26(30)28-27-15-19-7-6-10-21(13-19)35-22-17-36-18-22/h3-15,22H,16-18H2,1-2H3,(H,28,30)/b27-15-. The number of nitrogens with zero attached hydrogens (tertiary/aromatic N) is 2. The Kier molecular flexibility index (Phi) is 8.57. The minimum absolute atomic E-state index is 0.0491. The van der Waals surface area contributed by atoms with Crippen LogP contribution in [-0.4, -0.2) is 58.9 Å². The summed E-state index contributed by atoms with van der Waals surface area (Å²) in [4.78, 5) is 12.7. The molecule has 0 unspecified atom stereocenters. The van der Waals surface area contributed by atoms with Gasteiger partial charge in [-0.3, -0.25) is 9.10 Å². The molecule has 0 spiro atoms. The molecule has 1 N–H and O–H groups in total. The zero-order valence-electron chi connectivity index (χ0n) is 20.4. The maximum atomic E-state index is 13.6. The molecule has 3 aromatic rings. The summed E-state index contributed by atoms with van der Waals surface area (Å²) in [5, 5.41) is 4.01. The van der Waals surface area contributed by atoms with Crippen molar-refractivity contribution in [3.8, 4) is 17.2 Å². The highest BCUT2D eigenvalue weighted by Crippen LogP contribution is 2.32. The lowest BCUT2D eigenvalue weighted by Crippen LogP contribution is -2.39. The van der Waals surface area contributed by atoms with E-state index in [1.807, 2.05) is 36.0 Å². The van der Waals surface area contributed by atoms with Gasteiger partial charge in [-0.1, -0.05) is 30.3 Å². The molecule has 1 amide bonds. The van der Waals surface area contributed by atoms with Crippen LogP contribution in [0.2, 0.25) is 0 Å². The molecule has 9 nitrogen and oxygen atoms in total. The van der Waals surface area contributed by atoms with Gasteiger partial charge in [0.2, 0.25) is 0 Å². The van der Waals surface area contributed by atoms with Crippen LogP contribution in [0.15, 0.2) is 82.8 Å². The zero-order valence-corrected chi connectivity index (χ0v) is 22.0. The molecule has 1 aliphatic rings. The molecular formula is C26H27N3O6S2. The van der Waals surface area contributed by atoms with Crippen LogP contribution in [0.25, 0.3) is 0 Å². The lowest BCUT2D eigenvalue weighted by atomic mass is 10.2. The summed E-state index contributed by atoms with van der Waals surface area (Å²) >= 11 is 1.83. The molecule has 11 heteroatoms. The van der Waals surface area contributed by atoms with E-state index >= 15 is 0 Å². The minimum Gasteiger partial charge on any atom is -0.493 e. The molecule has 0 aliphatic carbocycles. The zero-order chi connectivity index (χ0) is 26.3. The molecule has 37 heavy (non-hydrogen) atoms. The number of benzene rings is 3. The average molecular weight is 542 g/mol. The Morgan fingerprint density at radius 2 is 1.78 bits per heavy atom. The van der Waals surface area contributed by atoms with E-state index in [0.717, 1.165) is 27.1 Å². The number of hydrazone groups is 1. The molecule has 1 fully saturated rings. The van der Waals surface area contributed by atoms with Gasteiger partial charge in [-0.05, 0) is 42.0 Å². The Morgan fingerprint density at radius 1 is 1.03 bits per heavy atom. The van der Waals surface area contributed by atoms with Crippen molar-refractivity contribution in [1.82, 2.24) is 5.43 Å². The predicted octanol–water partition coefficient (Wildman–Crippen LogP) is 3.54. The number of para-hydroxylation sites is 1. The summed E-state index contributed by atoms with van der Waals surface area (Å²) in [6.07, 6.45) is 1.70. The normalized spacial score (nSPS) is 13.6. The summed E-state index contributed by atoms with van der Waals surface area (Å²) in [6, 6.07) is 20.0. The fraction of sp³-hybridized carbons (Fsp3) is 0.231. The number of thioether (sulfide) groups is 1. The third-order valence-electron chi connectivity index (χ3n) is 5.45. The lowest BCUT2D eigenvalue weighted by Gasteiger charge is -2.25. The summed E-state index contributed by atoms with van der Waals surface area (Å²) in [7, 11) is -1.25. The number of sulfonamides is 1. The third kappa shape index (κ3) is 6.55. The maximum Gasteiger partial charge on any atom is 0.264 e. The number of methoxy groups -OCH3 is 2. The molecule has 0 radical (unpaired) electrons. The van der Waals surface area contributed by atoms with Gasteiger partial charge in [0.1, 0.15) is 18.4 Å². The maximum absolute atomic E-state index is 13.6. The van der Waals surface area contributed by atoms with Crippen molar-refractivity contribution in [3.63, 3.8) is 0 Å². The Balaban J connectivity index is 1.50. The number of nitrogens with one attached hydrogen (secondary N) is 1. The van der Waals surface area contributed by atoms with Crippen molar-refractivity contribution in [2.24, 2.45) is 5.10 Å². The number of carbonyl (C=O) groups is 1. The molecule has 3 aromatic carbocycles.